The molecule has 1 N–H and O–H groups in total. The van der Waals surface area contributed by atoms with Crippen LogP contribution in [0.5, 0.6) is 5.75 Å². The van der Waals surface area contributed by atoms with Gasteiger partial charge >= 0.3 is 5.97 Å². The van der Waals surface area contributed by atoms with Gasteiger partial charge in [0.25, 0.3) is 0 Å². The van der Waals surface area contributed by atoms with Crippen molar-refractivity contribution in [2.75, 3.05) is 19.7 Å². The van der Waals surface area contributed by atoms with E-state index in [0.717, 1.165) is 11.3 Å². The molecule has 136 valence electrons. The summed E-state index contributed by atoms with van der Waals surface area (Å²) in [6, 6.07) is 7.78. The van der Waals surface area contributed by atoms with Gasteiger partial charge in [-0.05, 0) is 30.9 Å². The lowest BCUT2D eigenvalue weighted by Crippen LogP contribution is -2.53. The third-order valence-electron chi connectivity index (χ3n) is 5.53. The molecule has 7 heteroatoms. The minimum Gasteiger partial charge on any atom is -0.492 e. The van der Waals surface area contributed by atoms with Crippen LogP contribution in [0.2, 0.25) is 0 Å². The number of nitrogens with zero attached hydrogens (tertiary/aromatic N) is 3. The zero-order valence-corrected chi connectivity index (χ0v) is 14.4. The highest BCUT2D eigenvalue weighted by molar-refractivity contribution is 5.81. The molecular formula is C19H21N3O4. The Kier molecular flexibility index (Phi) is 4.14. The molecule has 4 rings (SSSR count). The van der Waals surface area contributed by atoms with Crippen LogP contribution in [-0.2, 0) is 21.5 Å². The highest BCUT2D eigenvalue weighted by atomic mass is 16.5. The van der Waals surface area contributed by atoms with Gasteiger partial charge in [-0.25, -0.2) is 9.78 Å². The molecule has 1 atom stereocenters. The van der Waals surface area contributed by atoms with Gasteiger partial charge in [0.2, 0.25) is 5.91 Å². The van der Waals surface area contributed by atoms with E-state index < -0.39 is 11.5 Å². The van der Waals surface area contributed by atoms with E-state index in [1.165, 1.54) is 6.33 Å². The third-order valence-corrected chi connectivity index (χ3v) is 5.53. The second-order valence-corrected chi connectivity index (χ2v) is 6.95. The number of piperidine rings is 1. The van der Waals surface area contributed by atoms with Crippen LogP contribution in [0.15, 0.2) is 43.0 Å². The number of hydrogen-bond acceptors (Lipinski definition) is 4. The molecule has 0 aliphatic carbocycles. The van der Waals surface area contributed by atoms with Gasteiger partial charge in [0.05, 0.1) is 12.2 Å². The first-order chi connectivity index (χ1) is 12.6. The molecule has 7 nitrogen and oxygen atoms in total. The number of carbonyl (C=O) groups is 2. The number of fused-ring (bicyclic) bond motifs is 1. The zero-order valence-electron chi connectivity index (χ0n) is 14.4. The zero-order chi connectivity index (χ0) is 18.1. The van der Waals surface area contributed by atoms with Gasteiger partial charge < -0.3 is 19.3 Å². The first kappa shape index (κ1) is 16.6. The van der Waals surface area contributed by atoms with E-state index in [0.29, 0.717) is 39.0 Å². The summed E-state index contributed by atoms with van der Waals surface area (Å²) in [6.07, 6.45) is 6.20. The number of carboxylic acids is 1. The number of benzene rings is 1. The summed E-state index contributed by atoms with van der Waals surface area (Å²) in [5.74, 6) is -0.197. The number of amides is 1. The van der Waals surface area contributed by atoms with Crippen molar-refractivity contribution in [1.29, 1.82) is 0 Å². The average molecular weight is 355 g/mol. The number of ether oxygens (including phenoxy) is 1. The number of likely N-dealkylation sites (tertiary alicyclic amines) is 1. The van der Waals surface area contributed by atoms with Crippen LogP contribution >= 0.6 is 0 Å². The van der Waals surface area contributed by atoms with Gasteiger partial charge in [0, 0.05) is 25.5 Å². The molecule has 26 heavy (non-hydrogen) atoms. The van der Waals surface area contributed by atoms with Crippen molar-refractivity contribution in [3.8, 4) is 5.75 Å². The summed E-state index contributed by atoms with van der Waals surface area (Å²) >= 11 is 0. The predicted molar refractivity (Wildman–Crippen MR) is 92.8 cm³/mol. The van der Waals surface area contributed by atoms with Crippen LogP contribution in [0.3, 0.4) is 0 Å². The average Bonchev–Trinajstić information content (AvgIpc) is 3.22. The summed E-state index contributed by atoms with van der Waals surface area (Å²) in [6.45, 7) is 1.21. The first-order valence-electron chi connectivity index (χ1n) is 8.81. The number of hydrogen-bond donors (Lipinski definition) is 1. The fourth-order valence-corrected chi connectivity index (χ4v) is 3.94. The van der Waals surface area contributed by atoms with E-state index in [9.17, 15) is 14.7 Å². The summed E-state index contributed by atoms with van der Waals surface area (Å²) in [4.78, 5) is 30.6. The van der Waals surface area contributed by atoms with E-state index in [2.05, 4.69) is 4.98 Å². The molecule has 1 aromatic carbocycles. The molecule has 0 bridgehead atoms. The molecule has 2 aromatic rings. The molecule has 1 saturated heterocycles. The maximum atomic E-state index is 12.9. The summed E-state index contributed by atoms with van der Waals surface area (Å²) in [5.41, 5.74) is 0.0237. The van der Waals surface area contributed by atoms with Gasteiger partial charge in [0.15, 0.2) is 0 Å². The van der Waals surface area contributed by atoms with Crippen molar-refractivity contribution in [3.05, 3.63) is 48.5 Å². The van der Waals surface area contributed by atoms with Crippen LogP contribution in [0.1, 0.15) is 18.4 Å². The van der Waals surface area contributed by atoms with E-state index in [1.54, 1.807) is 21.9 Å². The smallest absolute Gasteiger partial charge is 0.330 e. The van der Waals surface area contributed by atoms with Crippen molar-refractivity contribution < 1.29 is 19.4 Å². The Bertz CT molecular complexity index is 810. The molecule has 0 saturated carbocycles. The van der Waals surface area contributed by atoms with Gasteiger partial charge in [0.1, 0.15) is 17.9 Å². The number of carboxylic acid groups (broad SMARTS) is 1. The Morgan fingerprint density at radius 2 is 2.00 bits per heavy atom. The number of aliphatic carboxylic acids is 1. The summed E-state index contributed by atoms with van der Waals surface area (Å²) in [7, 11) is 0. The number of aromatic nitrogens is 2. The molecule has 2 aliphatic heterocycles. The highest BCUT2D eigenvalue weighted by Gasteiger charge is 2.44. The quantitative estimate of drug-likeness (QED) is 0.903. The molecule has 0 unspecified atom stereocenters. The second-order valence-electron chi connectivity index (χ2n) is 6.95. The third kappa shape index (κ3) is 2.73. The van der Waals surface area contributed by atoms with Gasteiger partial charge in [-0.1, -0.05) is 18.2 Å². The summed E-state index contributed by atoms with van der Waals surface area (Å²) < 4.78 is 7.38. The normalized spacial score (nSPS) is 21.5. The summed E-state index contributed by atoms with van der Waals surface area (Å²) in [5, 5.41) is 9.77. The Balaban J connectivity index is 1.45. The van der Waals surface area contributed by atoms with Crippen LogP contribution in [0.25, 0.3) is 0 Å². The topological polar surface area (TPSA) is 84.7 Å². The highest BCUT2D eigenvalue weighted by Crippen LogP contribution is 2.33. The maximum Gasteiger partial charge on any atom is 0.330 e. The molecule has 0 radical (unpaired) electrons. The Morgan fingerprint density at radius 3 is 2.69 bits per heavy atom. The fraction of sp³-hybridized carbons (Fsp3) is 0.421. The lowest BCUT2D eigenvalue weighted by molar-refractivity contribution is -0.153. The van der Waals surface area contributed by atoms with Crippen LogP contribution in [-0.4, -0.2) is 51.1 Å². The SMILES string of the molecule is O=C([C@H]1COc2ccccc2C1)N1CCC(C(=O)O)(n2ccnc2)CC1. The molecule has 2 aliphatic rings. The largest absolute Gasteiger partial charge is 0.492 e. The molecular weight excluding hydrogens is 334 g/mol. The first-order valence-corrected chi connectivity index (χ1v) is 8.81. The molecule has 3 heterocycles. The second kappa shape index (κ2) is 6.48. The number of rotatable bonds is 3. The number of carbonyl (C=O) groups excluding carboxylic acids is 1. The van der Waals surface area contributed by atoms with Gasteiger partial charge in [-0.2, -0.15) is 0 Å². The van der Waals surface area contributed by atoms with Crippen LogP contribution in [0, 0.1) is 5.92 Å². The Labute approximate surface area is 151 Å². The lowest BCUT2D eigenvalue weighted by atomic mass is 9.86. The number of para-hydroxylation sites is 1. The van der Waals surface area contributed by atoms with Crippen LogP contribution < -0.4 is 4.74 Å². The molecule has 1 aromatic heterocycles. The van der Waals surface area contributed by atoms with Crippen molar-refractivity contribution in [2.24, 2.45) is 5.92 Å². The number of imidazole rings is 1. The minimum absolute atomic E-state index is 0.0455. The van der Waals surface area contributed by atoms with E-state index >= 15 is 0 Å². The van der Waals surface area contributed by atoms with E-state index in [1.807, 2.05) is 24.3 Å². The lowest BCUT2D eigenvalue weighted by Gasteiger charge is -2.41. The minimum atomic E-state index is -1.02. The molecule has 1 amide bonds. The fourth-order valence-electron chi connectivity index (χ4n) is 3.94. The monoisotopic (exact) mass is 355 g/mol. The van der Waals surface area contributed by atoms with E-state index in [-0.39, 0.29) is 11.8 Å². The Morgan fingerprint density at radius 1 is 1.23 bits per heavy atom. The standard InChI is InChI=1S/C19H21N3O4/c23-17(15-11-14-3-1-2-4-16(14)26-12-15)21-8-5-19(6-9-21,18(24)25)22-10-7-20-13-22/h1-4,7,10,13,15H,5-6,8-9,11-12H2,(H,24,25)/t15-/m1/s1. The maximum absolute atomic E-state index is 12.9. The van der Waals surface area contributed by atoms with Crippen LogP contribution in [0.4, 0.5) is 0 Å². The van der Waals surface area contributed by atoms with Crippen molar-refractivity contribution in [3.63, 3.8) is 0 Å². The molecule has 0 spiro atoms. The van der Waals surface area contributed by atoms with Crippen molar-refractivity contribution in [1.82, 2.24) is 14.5 Å². The van der Waals surface area contributed by atoms with Gasteiger partial charge in [-0.3, -0.25) is 4.79 Å². The predicted octanol–water partition coefficient (Wildman–Crippen LogP) is 1.54. The Hall–Kier alpha value is -2.83. The molecule has 1 fully saturated rings. The van der Waals surface area contributed by atoms with Crippen molar-refractivity contribution >= 4 is 11.9 Å². The van der Waals surface area contributed by atoms with Crippen molar-refractivity contribution in [2.45, 2.75) is 24.8 Å². The van der Waals surface area contributed by atoms with E-state index in [4.69, 9.17) is 4.74 Å². The van der Waals surface area contributed by atoms with Gasteiger partial charge in [-0.15, -0.1) is 0 Å².